The van der Waals surface area contributed by atoms with Gasteiger partial charge in [-0.15, -0.1) is 0 Å². The van der Waals surface area contributed by atoms with Crippen molar-refractivity contribution in [2.75, 3.05) is 16.9 Å². The maximum atomic E-state index is 15.4. The van der Waals surface area contributed by atoms with E-state index in [2.05, 4.69) is 15.9 Å². The monoisotopic (exact) mass is 770 g/mol. The average Bonchev–Trinajstić information content (AvgIpc) is 3.50. The lowest BCUT2D eigenvalue weighted by molar-refractivity contribution is -0.127. The molecule has 4 amide bonds. The fourth-order valence-electron chi connectivity index (χ4n) is 8.90. The summed E-state index contributed by atoms with van der Waals surface area (Å²) in [7, 11) is 1.44. The number of imide groups is 2. The van der Waals surface area contributed by atoms with E-state index in [1.54, 1.807) is 60.7 Å². The number of methoxy groups -OCH3 is 1. The molecule has 1 saturated carbocycles. The Morgan fingerprint density at radius 1 is 0.800 bits per heavy atom. The van der Waals surface area contributed by atoms with Crippen molar-refractivity contribution in [3.05, 3.63) is 128 Å². The third kappa shape index (κ3) is 4.63. The Morgan fingerprint density at radius 2 is 1.54 bits per heavy atom. The average molecular weight is 772 g/mol. The van der Waals surface area contributed by atoms with Gasteiger partial charge in [0, 0.05) is 26.0 Å². The highest BCUT2D eigenvalue weighted by atomic mass is 79.9. The topological polar surface area (TPSA) is 104 Å². The summed E-state index contributed by atoms with van der Waals surface area (Å²) in [5.41, 5.74) is 0.868. The molecule has 4 aromatic carbocycles. The lowest BCUT2D eigenvalue weighted by Gasteiger charge is -2.50. The van der Waals surface area contributed by atoms with Gasteiger partial charge >= 0.3 is 0 Å². The van der Waals surface area contributed by atoms with Crippen molar-refractivity contribution in [2.45, 2.75) is 24.2 Å². The van der Waals surface area contributed by atoms with Gasteiger partial charge in [-0.1, -0.05) is 87.2 Å². The normalized spacial score (nSPS) is 27.2. The molecule has 2 aliphatic heterocycles. The molecule has 4 aliphatic rings. The van der Waals surface area contributed by atoms with Crippen LogP contribution < -0.4 is 14.5 Å². The van der Waals surface area contributed by atoms with Crippen molar-refractivity contribution in [2.24, 2.45) is 23.7 Å². The number of phenols is 1. The predicted molar refractivity (Wildman–Crippen MR) is 192 cm³/mol. The maximum absolute atomic E-state index is 15.4. The summed E-state index contributed by atoms with van der Waals surface area (Å²) >= 11 is 16.1. The molecule has 8 nitrogen and oxygen atoms in total. The number of benzene rings is 4. The van der Waals surface area contributed by atoms with E-state index in [9.17, 15) is 19.5 Å². The molecule has 1 N–H and O–H groups in total. The summed E-state index contributed by atoms with van der Waals surface area (Å²) in [4.78, 5) is 61.1. The number of allylic oxidation sites excluding steroid dienone is 2. The second-order valence-corrected chi connectivity index (χ2v) is 14.9. The van der Waals surface area contributed by atoms with E-state index in [-0.39, 0.29) is 36.2 Å². The Hall–Kier alpha value is -4.44. The number of hydrogen-bond donors (Lipinski definition) is 1. The number of rotatable bonds is 5. The van der Waals surface area contributed by atoms with E-state index in [1.165, 1.54) is 16.9 Å². The third-order valence-electron chi connectivity index (χ3n) is 10.9. The Balaban J connectivity index is 1.38. The molecule has 2 aliphatic carbocycles. The van der Waals surface area contributed by atoms with Gasteiger partial charge < -0.3 is 9.84 Å². The number of hydrogen-bond acceptors (Lipinski definition) is 6. The Bertz CT molecular complexity index is 2140. The van der Waals surface area contributed by atoms with Crippen LogP contribution in [0.4, 0.5) is 11.4 Å². The summed E-state index contributed by atoms with van der Waals surface area (Å²) < 4.78 is 6.16. The van der Waals surface area contributed by atoms with Gasteiger partial charge in [0.05, 0.1) is 41.7 Å². The lowest BCUT2D eigenvalue weighted by Crippen LogP contribution is -2.53. The van der Waals surface area contributed by atoms with Crippen molar-refractivity contribution in [1.29, 1.82) is 0 Å². The van der Waals surface area contributed by atoms with E-state index in [1.807, 2.05) is 36.4 Å². The van der Waals surface area contributed by atoms with Crippen LogP contribution >= 0.6 is 39.1 Å². The molecule has 50 heavy (non-hydrogen) atoms. The molecule has 2 saturated heterocycles. The van der Waals surface area contributed by atoms with E-state index < -0.39 is 46.8 Å². The highest BCUT2D eigenvalue weighted by Crippen LogP contribution is 2.66. The molecule has 4 aromatic rings. The minimum Gasteiger partial charge on any atom is -0.504 e. The molecule has 8 rings (SSSR count). The number of ether oxygens (including phenoxy) is 1. The molecule has 252 valence electrons. The van der Waals surface area contributed by atoms with Crippen LogP contribution in [0.25, 0.3) is 0 Å². The van der Waals surface area contributed by atoms with Crippen LogP contribution in [0.2, 0.25) is 10.0 Å². The maximum Gasteiger partial charge on any atom is 0.246 e. The summed E-state index contributed by atoms with van der Waals surface area (Å²) in [6.07, 6.45) is 2.31. The minimum absolute atomic E-state index is 0.124. The minimum atomic E-state index is -1.54. The van der Waals surface area contributed by atoms with Gasteiger partial charge in [0.2, 0.25) is 23.6 Å². The van der Waals surface area contributed by atoms with Gasteiger partial charge in [0.1, 0.15) is 0 Å². The van der Waals surface area contributed by atoms with Gasteiger partial charge in [-0.3, -0.25) is 24.1 Å². The van der Waals surface area contributed by atoms with Crippen LogP contribution in [0.3, 0.4) is 0 Å². The first-order chi connectivity index (χ1) is 24.1. The van der Waals surface area contributed by atoms with Crippen molar-refractivity contribution in [3.63, 3.8) is 0 Å². The van der Waals surface area contributed by atoms with Crippen LogP contribution in [0, 0.1) is 23.7 Å². The molecule has 3 fully saturated rings. The van der Waals surface area contributed by atoms with Gasteiger partial charge in [-0.05, 0) is 78.9 Å². The van der Waals surface area contributed by atoms with E-state index >= 15 is 4.79 Å². The van der Waals surface area contributed by atoms with Crippen LogP contribution in [0.1, 0.15) is 29.9 Å². The molecule has 6 atom stereocenters. The molecule has 0 aromatic heterocycles. The quantitative estimate of drug-likeness (QED) is 0.164. The molecule has 0 unspecified atom stereocenters. The Morgan fingerprint density at radius 3 is 2.24 bits per heavy atom. The summed E-state index contributed by atoms with van der Waals surface area (Å²) in [6.45, 7) is 0. The van der Waals surface area contributed by atoms with Gasteiger partial charge in [0.25, 0.3) is 0 Å². The largest absolute Gasteiger partial charge is 0.504 e. The smallest absolute Gasteiger partial charge is 0.246 e. The molecule has 2 heterocycles. The standard InChI is InChI=1S/C39H29BrCl2N2O6/c1-50-31-17-21(40)16-29(34(31)45)33-26-14-15-27-32(37(48)43(35(27)46)24-12-10-22(41)11-13-24)28(26)19-30-36(47)44(25-9-5-8-23(42)18-25)38(49)39(30,33)20-6-3-2-4-7-20/h2-14,16-18,27-28,30,32-33,45H,15,19H2,1H3/t27-,28+,30-,32-,33+,39+/m0/s1. The number of carbonyl (C=O) groups excluding carboxylic acids is 4. The molecule has 0 bridgehead atoms. The molecular formula is C39H29BrCl2N2O6. The fraction of sp³-hybridized carbons (Fsp3) is 0.231. The van der Waals surface area contributed by atoms with Crippen LogP contribution in [-0.4, -0.2) is 35.8 Å². The molecule has 11 heteroatoms. The highest BCUT2D eigenvalue weighted by Gasteiger charge is 2.70. The van der Waals surface area contributed by atoms with Crippen LogP contribution in [-0.2, 0) is 24.6 Å². The Kier molecular flexibility index (Phi) is 7.93. The van der Waals surface area contributed by atoms with E-state index in [4.69, 9.17) is 27.9 Å². The number of nitrogens with zero attached hydrogens (tertiary/aromatic N) is 2. The predicted octanol–water partition coefficient (Wildman–Crippen LogP) is 7.84. The zero-order valence-electron chi connectivity index (χ0n) is 26.6. The second-order valence-electron chi connectivity index (χ2n) is 13.1. The first kappa shape index (κ1) is 32.7. The van der Waals surface area contributed by atoms with Crippen LogP contribution in [0.15, 0.2) is 107 Å². The summed E-state index contributed by atoms with van der Waals surface area (Å²) in [5, 5.41) is 12.7. The van der Waals surface area contributed by atoms with E-state index in [0.29, 0.717) is 37.0 Å². The van der Waals surface area contributed by atoms with Crippen molar-refractivity contribution < 1.29 is 29.0 Å². The lowest BCUT2D eigenvalue weighted by atomic mass is 9.49. The summed E-state index contributed by atoms with van der Waals surface area (Å²) in [6, 6.07) is 25.6. The number of anilines is 2. The third-order valence-corrected chi connectivity index (χ3v) is 11.8. The Labute approximate surface area is 306 Å². The second kappa shape index (κ2) is 12.1. The number of halogens is 3. The fourth-order valence-corrected chi connectivity index (χ4v) is 9.67. The SMILES string of the molecule is COc1cc(Br)cc([C@H]2C3=CC[C@@H]4C(=O)N(c5ccc(Cl)cc5)C(=O)[C@@H]4[C@@H]3C[C@H]3C(=O)N(c4cccc(Cl)c4)C(=O)[C@@]23c2ccccc2)c1O. The number of aromatic hydroxyl groups is 1. The zero-order chi connectivity index (χ0) is 35.1. The molecular weight excluding hydrogens is 743 g/mol. The van der Waals surface area contributed by atoms with Crippen molar-refractivity contribution in [1.82, 2.24) is 0 Å². The number of phenolic OH excluding ortho intramolecular Hbond substituents is 1. The molecule has 0 radical (unpaired) electrons. The van der Waals surface area contributed by atoms with Gasteiger partial charge in [-0.2, -0.15) is 0 Å². The first-order valence-electron chi connectivity index (χ1n) is 16.2. The highest BCUT2D eigenvalue weighted by molar-refractivity contribution is 9.10. The van der Waals surface area contributed by atoms with Crippen LogP contribution in [0.5, 0.6) is 11.5 Å². The first-order valence-corrected chi connectivity index (χ1v) is 17.7. The number of fused-ring (bicyclic) bond motifs is 4. The van der Waals surface area contributed by atoms with Gasteiger partial charge in [-0.25, -0.2) is 4.90 Å². The number of amides is 4. The number of carbonyl (C=O) groups is 4. The summed E-state index contributed by atoms with van der Waals surface area (Å²) in [5.74, 6) is -5.58. The van der Waals surface area contributed by atoms with Gasteiger partial charge in [0.15, 0.2) is 11.5 Å². The molecule has 0 spiro atoms. The van der Waals surface area contributed by atoms with E-state index in [0.717, 1.165) is 5.57 Å². The van der Waals surface area contributed by atoms with Crippen molar-refractivity contribution >= 4 is 74.1 Å². The zero-order valence-corrected chi connectivity index (χ0v) is 29.7. The van der Waals surface area contributed by atoms with Crippen molar-refractivity contribution in [3.8, 4) is 11.5 Å².